The van der Waals surface area contributed by atoms with Gasteiger partial charge >= 0.3 is 12.1 Å². The quantitative estimate of drug-likeness (QED) is 0.615. The highest BCUT2D eigenvalue weighted by atomic mass is 19.1. The molecule has 0 aliphatic carbocycles. The summed E-state index contributed by atoms with van der Waals surface area (Å²) in [6.45, 7) is 1.76. The van der Waals surface area contributed by atoms with Crippen LogP contribution < -0.4 is 15.0 Å². The zero-order valence-corrected chi connectivity index (χ0v) is 17.9. The summed E-state index contributed by atoms with van der Waals surface area (Å²) in [4.78, 5) is 54.0. The molecule has 1 aliphatic heterocycles. The highest BCUT2D eigenvalue weighted by molar-refractivity contribution is 6.02. The van der Waals surface area contributed by atoms with E-state index in [1.807, 2.05) is 0 Å². The molecule has 2 amide bonds. The van der Waals surface area contributed by atoms with Gasteiger partial charge in [-0.05, 0) is 24.1 Å². The van der Waals surface area contributed by atoms with E-state index in [2.05, 4.69) is 10.3 Å². The number of ketones is 1. The number of carbonyl (C=O) groups is 4. The third-order valence-electron chi connectivity index (χ3n) is 4.82. The van der Waals surface area contributed by atoms with Gasteiger partial charge in [-0.1, -0.05) is 26.0 Å². The Morgan fingerprint density at radius 1 is 1.15 bits per heavy atom. The van der Waals surface area contributed by atoms with Crippen LogP contribution in [0.1, 0.15) is 20.3 Å². The van der Waals surface area contributed by atoms with Crippen molar-refractivity contribution in [2.24, 2.45) is 5.92 Å². The molecule has 0 radical (unpaired) electrons. The van der Waals surface area contributed by atoms with Crippen LogP contribution in [0.3, 0.4) is 0 Å². The molecule has 2 atom stereocenters. The van der Waals surface area contributed by atoms with E-state index in [0.717, 1.165) is 0 Å². The maximum absolute atomic E-state index is 13.2. The number of nitrogens with one attached hydrogen (secondary N) is 1. The van der Waals surface area contributed by atoms with Gasteiger partial charge in [-0.25, -0.2) is 14.1 Å². The second kappa shape index (κ2) is 10.1. The third kappa shape index (κ3) is 5.25. The number of pyridine rings is 1. The molecule has 0 fully saturated rings. The molecule has 1 aliphatic rings. The van der Waals surface area contributed by atoms with Gasteiger partial charge in [0, 0.05) is 6.20 Å². The summed E-state index contributed by atoms with van der Waals surface area (Å²) in [6, 6.07) is 6.65. The fraction of sp³-hybridized carbons (Fsp3) is 0.318. The summed E-state index contributed by atoms with van der Waals surface area (Å²) in [5.74, 6) is -3.28. The Morgan fingerprint density at radius 2 is 1.85 bits per heavy atom. The maximum atomic E-state index is 13.2. The van der Waals surface area contributed by atoms with E-state index in [-0.39, 0.29) is 0 Å². The summed E-state index contributed by atoms with van der Waals surface area (Å²) < 4.78 is 24.1. The first-order chi connectivity index (χ1) is 15.7. The van der Waals surface area contributed by atoms with E-state index in [1.54, 1.807) is 44.2 Å². The van der Waals surface area contributed by atoms with Crippen LogP contribution in [0.15, 0.2) is 42.7 Å². The average Bonchev–Trinajstić information content (AvgIpc) is 2.79. The molecule has 0 spiro atoms. The number of amides is 2. The normalized spacial score (nSPS) is 13.8. The van der Waals surface area contributed by atoms with Crippen molar-refractivity contribution in [3.63, 3.8) is 0 Å². The average molecular weight is 459 g/mol. The second-order valence-corrected chi connectivity index (χ2v) is 7.56. The van der Waals surface area contributed by atoms with Gasteiger partial charge in [0.05, 0.1) is 24.0 Å². The lowest BCUT2D eigenvalue weighted by Gasteiger charge is -2.32. The number of anilines is 2. The van der Waals surface area contributed by atoms with E-state index in [0.29, 0.717) is 22.9 Å². The molecule has 0 saturated carbocycles. The number of benzene rings is 1. The number of aliphatic carboxylic acids is 1. The highest BCUT2D eigenvalue weighted by Gasteiger charge is 2.36. The predicted octanol–water partition coefficient (Wildman–Crippen LogP) is 2.98. The van der Waals surface area contributed by atoms with Gasteiger partial charge in [0.1, 0.15) is 12.7 Å². The largest absolute Gasteiger partial charge is 0.481 e. The molecule has 2 N–H and O–H groups in total. The molecule has 0 saturated heterocycles. The molecule has 2 aromatic rings. The summed E-state index contributed by atoms with van der Waals surface area (Å²) in [5.41, 5.74) is 0.716. The van der Waals surface area contributed by atoms with E-state index in [4.69, 9.17) is 14.6 Å². The van der Waals surface area contributed by atoms with Crippen molar-refractivity contribution in [2.45, 2.75) is 32.4 Å². The van der Waals surface area contributed by atoms with E-state index >= 15 is 0 Å². The van der Waals surface area contributed by atoms with Crippen molar-refractivity contribution in [2.75, 3.05) is 11.6 Å². The Labute approximate surface area is 188 Å². The molecular formula is C22H22FN3O7. The number of hydrogen-bond acceptors (Lipinski definition) is 7. The van der Waals surface area contributed by atoms with Crippen LogP contribution in [0.2, 0.25) is 0 Å². The molecular weight excluding hydrogens is 437 g/mol. The Kier molecular flexibility index (Phi) is 7.21. The summed E-state index contributed by atoms with van der Waals surface area (Å²) in [5, 5.41) is 11.1. The number of nitrogens with zero attached hydrogens (tertiary/aromatic N) is 2. The molecule has 10 nitrogen and oxygen atoms in total. The number of Topliss-reactive ketones (excluding diaryl/α,β-unsaturated/α-hetero) is 1. The van der Waals surface area contributed by atoms with Crippen molar-refractivity contribution in [3.8, 4) is 11.5 Å². The summed E-state index contributed by atoms with van der Waals surface area (Å²) in [7, 11) is 0. The van der Waals surface area contributed by atoms with Crippen molar-refractivity contribution >= 4 is 35.1 Å². The SMILES string of the molecule is CC(C)C(OC(=O)N1c2ccccc2Oc2cnccc21)C(=O)NC(CC(=O)O)C(=O)CF. The first kappa shape index (κ1) is 23.6. The smallest absolute Gasteiger partial charge is 0.420 e. The number of carboxylic acid groups (broad SMARTS) is 1. The molecule has 0 bridgehead atoms. The zero-order chi connectivity index (χ0) is 24.1. The molecule has 1 aromatic heterocycles. The van der Waals surface area contributed by atoms with Crippen LogP contribution in [-0.2, 0) is 19.1 Å². The number of carboxylic acids is 1. The molecule has 2 heterocycles. The Balaban J connectivity index is 1.86. The number of fused-ring (bicyclic) bond motifs is 2. The number of aromatic nitrogens is 1. The monoisotopic (exact) mass is 459 g/mol. The Morgan fingerprint density at radius 3 is 2.52 bits per heavy atom. The molecule has 1 aromatic carbocycles. The highest BCUT2D eigenvalue weighted by Crippen LogP contribution is 2.46. The van der Waals surface area contributed by atoms with Gasteiger partial charge in [-0.2, -0.15) is 0 Å². The summed E-state index contributed by atoms with van der Waals surface area (Å²) in [6.07, 6.45) is -0.204. The fourth-order valence-corrected chi connectivity index (χ4v) is 3.23. The number of carbonyl (C=O) groups excluding carboxylic acids is 3. The maximum Gasteiger partial charge on any atom is 0.420 e. The second-order valence-electron chi connectivity index (χ2n) is 7.56. The van der Waals surface area contributed by atoms with Gasteiger partial charge in [0.25, 0.3) is 5.91 Å². The first-order valence-corrected chi connectivity index (χ1v) is 10.1. The van der Waals surface area contributed by atoms with E-state index in [1.165, 1.54) is 17.3 Å². The minimum absolute atomic E-state index is 0.300. The third-order valence-corrected chi connectivity index (χ3v) is 4.82. The van der Waals surface area contributed by atoms with Crippen LogP contribution in [0.25, 0.3) is 0 Å². The Hall–Kier alpha value is -4.02. The number of hydrogen-bond donors (Lipinski definition) is 2. The number of alkyl halides is 1. The van der Waals surface area contributed by atoms with Gasteiger partial charge in [0.15, 0.2) is 23.4 Å². The molecule has 174 valence electrons. The molecule has 3 rings (SSSR count). The lowest BCUT2D eigenvalue weighted by Crippen LogP contribution is -2.50. The van der Waals surface area contributed by atoms with Gasteiger partial charge in [-0.3, -0.25) is 19.4 Å². The van der Waals surface area contributed by atoms with E-state index in [9.17, 15) is 23.6 Å². The zero-order valence-electron chi connectivity index (χ0n) is 17.9. The van der Waals surface area contributed by atoms with Crippen LogP contribution in [-0.4, -0.2) is 52.7 Å². The minimum atomic E-state index is -1.59. The van der Waals surface area contributed by atoms with Crippen molar-refractivity contribution < 1.29 is 38.1 Å². The van der Waals surface area contributed by atoms with Crippen LogP contribution >= 0.6 is 0 Å². The van der Waals surface area contributed by atoms with Crippen molar-refractivity contribution in [1.29, 1.82) is 0 Å². The number of ether oxygens (including phenoxy) is 2. The molecule has 2 unspecified atom stereocenters. The lowest BCUT2D eigenvalue weighted by molar-refractivity contribution is -0.141. The van der Waals surface area contributed by atoms with Crippen molar-refractivity contribution in [3.05, 3.63) is 42.7 Å². The van der Waals surface area contributed by atoms with Gasteiger partial charge in [-0.15, -0.1) is 0 Å². The standard InChI is InChI=1S/C22H22FN3O7/c1-12(2)20(21(30)25-13(9-19(28)29)16(27)10-23)33-22(31)26-14-5-3-4-6-17(14)32-18-11-24-8-7-15(18)26/h3-8,11-13,20H,9-10H2,1-2H3,(H,25,30)(H,28,29). The van der Waals surface area contributed by atoms with Crippen LogP contribution in [0, 0.1) is 5.92 Å². The van der Waals surface area contributed by atoms with E-state index < -0.39 is 54.9 Å². The first-order valence-electron chi connectivity index (χ1n) is 10.1. The van der Waals surface area contributed by atoms with Crippen LogP contribution in [0.4, 0.5) is 20.6 Å². The number of rotatable bonds is 8. The molecule has 33 heavy (non-hydrogen) atoms. The van der Waals surface area contributed by atoms with Gasteiger partial charge < -0.3 is 19.9 Å². The fourth-order valence-electron chi connectivity index (χ4n) is 3.23. The predicted molar refractivity (Wildman–Crippen MR) is 113 cm³/mol. The lowest BCUT2D eigenvalue weighted by atomic mass is 10.0. The number of halogens is 1. The summed E-state index contributed by atoms with van der Waals surface area (Å²) >= 11 is 0. The Bertz CT molecular complexity index is 1030. The van der Waals surface area contributed by atoms with Crippen LogP contribution in [0.5, 0.6) is 11.5 Å². The van der Waals surface area contributed by atoms with Gasteiger partial charge in [0.2, 0.25) is 0 Å². The minimum Gasteiger partial charge on any atom is -0.481 e. The van der Waals surface area contributed by atoms with Crippen molar-refractivity contribution in [1.82, 2.24) is 10.3 Å². The number of para-hydroxylation sites is 2. The topological polar surface area (TPSA) is 135 Å². The molecule has 11 heteroatoms.